The van der Waals surface area contributed by atoms with Crippen LogP contribution in [-0.4, -0.2) is 15.7 Å². The van der Waals surface area contributed by atoms with Crippen LogP contribution >= 0.6 is 0 Å². The number of nitrogens with one attached hydrogen (secondary N) is 1. The maximum Gasteiger partial charge on any atom is 0.366 e. The number of aromatic nitrogens is 2. The fraction of sp³-hybridized carbons (Fsp3) is 0. The molecular formula is C5H6N4O2. The number of hydrogen-bond acceptors (Lipinski definition) is 3. The Labute approximate surface area is 61.6 Å². The summed E-state index contributed by atoms with van der Waals surface area (Å²) >= 11 is 0. The molecule has 0 radical (unpaired) electrons. The first kappa shape index (κ1) is 7.26. The number of carbonyl (C=O) groups is 1. The molecule has 1 rings (SSSR count). The Bertz CT molecular complexity index is 318. The lowest BCUT2D eigenvalue weighted by atomic mass is 10.7. The highest BCUT2D eigenvalue weighted by molar-refractivity contribution is 5.79. The lowest BCUT2D eigenvalue weighted by Gasteiger charge is -2.01. The minimum absolute atomic E-state index is 0.577. The van der Waals surface area contributed by atoms with Gasteiger partial charge in [0.05, 0.1) is 0 Å². The smallest absolute Gasteiger partial charge is 0.350 e. The number of hydrogen-bond donors (Lipinski definition) is 2. The summed E-state index contributed by atoms with van der Waals surface area (Å²) < 4.78 is 0.891. The van der Waals surface area contributed by atoms with Gasteiger partial charge in [-0.25, -0.2) is 24.7 Å². The van der Waals surface area contributed by atoms with Crippen LogP contribution in [0.2, 0.25) is 0 Å². The van der Waals surface area contributed by atoms with E-state index in [2.05, 4.69) is 10.4 Å². The minimum Gasteiger partial charge on any atom is -0.350 e. The highest BCUT2D eigenvalue weighted by Crippen LogP contribution is 1.71. The SMILES string of the molecule is NC(=O)Nn1cccnc1=O. The van der Waals surface area contributed by atoms with Crippen molar-refractivity contribution in [2.45, 2.75) is 0 Å². The molecule has 1 aromatic heterocycles. The Morgan fingerprint density at radius 2 is 2.45 bits per heavy atom. The van der Waals surface area contributed by atoms with E-state index in [1.165, 1.54) is 18.5 Å². The Balaban J connectivity index is 2.95. The predicted octanol–water partition coefficient (Wildman–Crippen LogP) is -1.13. The van der Waals surface area contributed by atoms with Gasteiger partial charge >= 0.3 is 11.7 Å². The van der Waals surface area contributed by atoms with E-state index in [1.807, 2.05) is 0 Å². The average Bonchev–Trinajstić information content (AvgIpc) is 1.93. The summed E-state index contributed by atoms with van der Waals surface area (Å²) in [4.78, 5) is 24.4. The van der Waals surface area contributed by atoms with E-state index >= 15 is 0 Å². The molecule has 0 spiro atoms. The normalized spacial score (nSPS) is 9.09. The highest BCUT2D eigenvalue weighted by Gasteiger charge is 1.94. The lowest BCUT2D eigenvalue weighted by molar-refractivity contribution is 0.256. The molecule has 0 saturated heterocycles. The molecule has 1 aromatic rings. The summed E-state index contributed by atoms with van der Waals surface area (Å²) in [6.07, 6.45) is 2.67. The van der Waals surface area contributed by atoms with Crippen LogP contribution < -0.4 is 16.8 Å². The van der Waals surface area contributed by atoms with Crippen LogP contribution in [0.3, 0.4) is 0 Å². The topological polar surface area (TPSA) is 90.0 Å². The summed E-state index contributed by atoms with van der Waals surface area (Å²) in [5.74, 6) is 0. The van der Waals surface area contributed by atoms with Crippen LogP contribution in [0.5, 0.6) is 0 Å². The molecule has 6 heteroatoms. The summed E-state index contributed by atoms with van der Waals surface area (Å²) in [6.45, 7) is 0. The number of rotatable bonds is 1. The molecule has 0 bridgehead atoms. The van der Waals surface area contributed by atoms with E-state index in [4.69, 9.17) is 5.73 Å². The van der Waals surface area contributed by atoms with Gasteiger partial charge < -0.3 is 5.73 Å². The van der Waals surface area contributed by atoms with Crippen molar-refractivity contribution in [2.75, 3.05) is 5.43 Å². The molecule has 11 heavy (non-hydrogen) atoms. The van der Waals surface area contributed by atoms with Crippen molar-refractivity contribution < 1.29 is 4.79 Å². The molecule has 2 amide bonds. The van der Waals surface area contributed by atoms with E-state index in [0.717, 1.165) is 4.68 Å². The molecule has 0 aliphatic carbocycles. The molecule has 1 heterocycles. The van der Waals surface area contributed by atoms with Gasteiger partial charge in [0.1, 0.15) is 0 Å². The van der Waals surface area contributed by atoms with Crippen LogP contribution in [0.1, 0.15) is 0 Å². The van der Waals surface area contributed by atoms with Crippen LogP contribution in [0.25, 0.3) is 0 Å². The molecule has 58 valence electrons. The number of nitrogens with zero attached hydrogens (tertiary/aromatic N) is 2. The van der Waals surface area contributed by atoms with Crippen molar-refractivity contribution in [1.29, 1.82) is 0 Å². The summed E-state index contributed by atoms with van der Waals surface area (Å²) in [7, 11) is 0. The number of amides is 2. The highest BCUT2D eigenvalue weighted by atomic mass is 16.2. The third kappa shape index (κ3) is 1.78. The first-order valence-electron chi connectivity index (χ1n) is 2.80. The van der Waals surface area contributed by atoms with Gasteiger partial charge in [-0.15, -0.1) is 0 Å². The third-order valence-corrected chi connectivity index (χ3v) is 0.943. The number of urea groups is 1. The second kappa shape index (κ2) is 2.82. The summed E-state index contributed by atoms with van der Waals surface area (Å²) in [6, 6.07) is 0.692. The fourth-order valence-corrected chi connectivity index (χ4v) is 0.561. The maximum absolute atomic E-state index is 10.7. The van der Waals surface area contributed by atoms with Crippen molar-refractivity contribution in [3.8, 4) is 0 Å². The van der Waals surface area contributed by atoms with Crippen molar-refractivity contribution >= 4 is 6.03 Å². The minimum atomic E-state index is -0.805. The van der Waals surface area contributed by atoms with E-state index in [0.29, 0.717) is 0 Å². The maximum atomic E-state index is 10.7. The predicted molar refractivity (Wildman–Crippen MR) is 37.4 cm³/mol. The molecule has 0 unspecified atom stereocenters. The molecule has 0 atom stereocenters. The van der Waals surface area contributed by atoms with Gasteiger partial charge in [-0.3, -0.25) is 0 Å². The molecular weight excluding hydrogens is 148 g/mol. The Morgan fingerprint density at radius 1 is 1.73 bits per heavy atom. The van der Waals surface area contributed by atoms with Gasteiger partial charge in [0.25, 0.3) is 0 Å². The lowest BCUT2D eigenvalue weighted by Crippen LogP contribution is -2.36. The van der Waals surface area contributed by atoms with Gasteiger partial charge in [-0.05, 0) is 6.07 Å². The molecule has 3 N–H and O–H groups in total. The standard InChI is InChI=1S/C5H6N4O2/c6-4(10)8-9-3-1-2-7-5(9)11/h1-3H,(H3,6,8,10). The molecule has 6 nitrogen and oxygen atoms in total. The van der Waals surface area contributed by atoms with Gasteiger partial charge in [0, 0.05) is 12.4 Å². The summed E-state index contributed by atoms with van der Waals surface area (Å²) in [5, 5.41) is 0. The van der Waals surface area contributed by atoms with E-state index in [9.17, 15) is 9.59 Å². The van der Waals surface area contributed by atoms with Gasteiger partial charge in [-0.1, -0.05) is 0 Å². The second-order valence-corrected chi connectivity index (χ2v) is 1.75. The van der Waals surface area contributed by atoms with Gasteiger partial charge in [0.15, 0.2) is 0 Å². The first-order valence-corrected chi connectivity index (χ1v) is 2.80. The van der Waals surface area contributed by atoms with E-state index < -0.39 is 11.7 Å². The monoisotopic (exact) mass is 154 g/mol. The third-order valence-electron chi connectivity index (χ3n) is 0.943. The van der Waals surface area contributed by atoms with Gasteiger partial charge in [-0.2, -0.15) is 0 Å². The number of primary amides is 1. The van der Waals surface area contributed by atoms with Crippen LogP contribution in [0.4, 0.5) is 4.79 Å². The molecule has 0 saturated carbocycles. The molecule has 0 aliphatic rings. The van der Waals surface area contributed by atoms with Crippen molar-refractivity contribution in [3.63, 3.8) is 0 Å². The molecule has 0 aromatic carbocycles. The van der Waals surface area contributed by atoms with Crippen LogP contribution in [0, 0.1) is 0 Å². The largest absolute Gasteiger partial charge is 0.366 e. The van der Waals surface area contributed by atoms with Crippen molar-refractivity contribution in [1.82, 2.24) is 9.66 Å². The van der Waals surface area contributed by atoms with Crippen LogP contribution in [0.15, 0.2) is 23.3 Å². The summed E-state index contributed by atoms with van der Waals surface area (Å²) in [5.41, 5.74) is 6.23. The van der Waals surface area contributed by atoms with E-state index in [1.54, 1.807) is 0 Å². The first-order chi connectivity index (χ1) is 5.20. The quantitative estimate of drug-likeness (QED) is 0.536. The fourth-order valence-electron chi connectivity index (χ4n) is 0.561. The van der Waals surface area contributed by atoms with Crippen molar-refractivity contribution in [3.05, 3.63) is 28.9 Å². The van der Waals surface area contributed by atoms with Crippen molar-refractivity contribution in [2.24, 2.45) is 5.73 Å². The number of nitrogens with two attached hydrogens (primary N) is 1. The Morgan fingerprint density at radius 3 is 3.00 bits per heavy atom. The average molecular weight is 154 g/mol. The zero-order chi connectivity index (χ0) is 8.27. The van der Waals surface area contributed by atoms with E-state index in [-0.39, 0.29) is 0 Å². The van der Waals surface area contributed by atoms with Gasteiger partial charge in [0.2, 0.25) is 0 Å². The zero-order valence-corrected chi connectivity index (χ0v) is 5.52. The molecule has 0 fully saturated rings. The Hall–Kier alpha value is -1.85. The van der Waals surface area contributed by atoms with Crippen LogP contribution in [-0.2, 0) is 0 Å². The second-order valence-electron chi connectivity index (χ2n) is 1.75. The molecule has 0 aliphatic heterocycles. The zero-order valence-electron chi connectivity index (χ0n) is 5.52. The Kier molecular flexibility index (Phi) is 1.86. The number of carbonyl (C=O) groups excluding carboxylic acids is 1.